The van der Waals surface area contributed by atoms with E-state index in [4.69, 9.17) is 0 Å². The maximum atomic E-state index is 12.3. The number of carbonyl (C=O) groups is 1. The van der Waals surface area contributed by atoms with E-state index in [9.17, 15) is 13.2 Å². The monoisotopic (exact) mass is 340 g/mol. The molecule has 7 nitrogen and oxygen atoms in total. The summed E-state index contributed by atoms with van der Waals surface area (Å²) in [7, 11) is 0.634. The summed E-state index contributed by atoms with van der Waals surface area (Å²) in [6.45, 7) is 1.25. The Bertz CT molecular complexity index is 643. The second-order valence-electron chi connectivity index (χ2n) is 6.17. The number of hydrogen-bond acceptors (Lipinski definition) is 5. The van der Waals surface area contributed by atoms with E-state index < -0.39 is 10.0 Å². The van der Waals surface area contributed by atoms with Crippen molar-refractivity contribution in [1.29, 1.82) is 0 Å². The minimum atomic E-state index is -3.37. The van der Waals surface area contributed by atoms with Gasteiger partial charge in [0.1, 0.15) is 0 Å². The normalized spacial score (nSPS) is 18.6. The molecular formula is C15H24N4O3S. The van der Waals surface area contributed by atoms with Crippen molar-refractivity contribution in [2.24, 2.45) is 0 Å². The first-order valence-electron chi connectivity index (χ1n) is 7.60. The summed E-state index contributed by atoms with van der Waals surface area (Å²) in [5, 5.41) is 0. The van der Waals surface area contributed by atoms with E-state index in [0.29, 0.717) is 6.54 Å². The zero-order chi connectivity index (χ0) is 17.0. The molecule has 1 aromatic heterocycles. The molecule has 1 N–H and O–H groups in total. The highest BCUT2D eigenvalue weighted by molar-refractivity contribution is 7.88. The third-order valence-corrected chi connectivity index (χ3v) is 4.42. The average molecular weight is 340 g/mol. The molecule has 1 aliphatic rings. The number of nitrogens with zero attached hydrogens (tertiary/aromatic N) is 3. The van der Waals surface area contributed by atoms with Crippen molar-refractivity contribution in [3.05, 3.63) is 29.6 Å². The van der Waals surface area contributed by atoms with Crippen molar-refractivity contribution in [3.8, 4) is 0 Å². The summed E-state index contributed by atoms with van der Waals surface area (Å²) < 4.78 is 24.5. The molecule has 1 aromatic rings. The van der Waals surface area contributed by atoms with Crippen molar-refractivity contribution in [2.45, 2.75) is 25.4 Å². The lowest BCUT2D eigenvalue weighted by atomic mass is 10.1. The molecule has 1 saturated heterocycles. The molecule has 0 radical (unpaired) electrons. The molecule has 128 valence electrons. The number of pyridine rings is 1. The van der Waals surface area contributed by atoms with E-state index in [1.807, 2.05) is 32.4 Å². The number of rotatable bonds is 6. The van der Waals surface area contributed by atoms with Gasteiger partial charge < -0.3 is 9.80 Å². The van der Waals surface area contributed by atoms with Crippen LogP contribution in [0, 0.1) is 0 Å². The molecule has 2 heterocycles. The van der Waals surface area contributed by atoms with Gasteiger partial charge in [0, 0.05) is 19.3 Å². The molecule has 0 unspecified atom stereocenters. The summed E-state index contributed by atoms with van der Waals surface area (Å²) in [5.41, 5.74) is 1.98. The fourth-order valence-corrected chi connectivity index (χ4v) is 3.14. The molecule has 0 bridgehead atoms. The Balaban J connectivity index is 2.04. The molecule has 0 spiro atoms. The fraction of sp³-hybridized carbons (Fsp3) is 0.600. The Hall–Kier alpha value is -1.51. The first kappa shape index (κ1) is 17.8. The Morgan fingerprint density at radius 1 is 1.43 bits per heavy atom. The number of hydrogen-bond donors (Lipinski definition) is 1. The third kappa shape index (κ3) is 5.26. The van der Waals surface area contributed by atoms with Gasteiger partial charge in [0.05, 0.1) is 24.5 Å². The van der Waals surface area contributed by atoms with Crippen LogP contribution in [0.25, 0.3) is 0 Å². The van der Waals surface area contributed by atoms with Gasteiger partial charge in [-0.2, -0.15) is 0 Å². The predicted octanol–water partition coefficient (Wildman–Crippen LogP) is 0.356. The van der Waals surface area contributed by atoms with Crippen LogP contribution in [-0.4, -0.2) is 62.5 Å². The van der Waals surface area contributed by atoms with Gasteiger partial charge >= 0.3 is 0 Å². The maximum absolute atomic E-state index is 12.3. The molecule has 23 heavy (non-hydrogen) atoms. The van der Waals surface area contributed by atoms with Crippen molar-refractivity contribution < 1.29 is 13.2 Å². The zero-order valence-electron chi connectivity index (χ0n) is 13.8. The van der Waals surface area contributed by atoms with E-state index in [2.05, 4.69) is 14.6 Å². The van der Waals surface area contributed by atoms with Gasteiger partial charge in [-0.1, -0.05) is 6.07 Å². The molecule has 0 saturated carbocycles. The largest absolute Gasteiger partial charge is 0.333 e. The number of carbonyl (C=O) groups excluding carboxylic acids is 1. The van der Waals surface area contributed by atoms with Crippen molar-refractivity contribution in [1.82, 2.24) is 19.5 Å². The van der Waals surface area contributed by atoms with Crippen LogP contribution in [0.15, 0.2) is 18.3 Å². The fourth-order valence-electron chi connectivity index (χ4n) is 2.76. The molecule has 0 aliphatic carbocycles. The number of likely N-dealkylation sites (tertiary alicyclic amines) is 1. The first-order valence-corrected chi connectivity index (χ1v) is 9.49. The van der Waals surface area contributed by atoms with E-state index in [1.54, 1.807) is 4.90 Å². The maximum Gasteiger partial charge on any atom is 0.238 e. The number of amides is 1. The van der Waals surface area contributed by atoms with Gasteiger partial charge in [-0.15, -0.1) is 0 Å². The highest BCUT2D eigenvalue weighted by atomic mass is 32.2. The van der Waals surface area contributed by atoms with Crippen molar-refractivity contribution in [3.63, 3.8) is 0 Å². The average Bonchev–Trinajstić information content (AvgIpc) is 2.93. The standard InChI is InChI=1S/C15H24N4O3S/c1-18(2)11-12-6-7-13(16-9-12)14-5-4-8-19(14)15(20)10-17-23(3,21)22/h6-7,9,14,17H,4-5,8,10-11H2,1-3H3/t14-/m0/s1. The van der Waals surface area contributed by atoms with Gasteiger partial charge in [-0.05, 0) is 38.6 Å². The van der Waals surface area contributed by atoms with Crippen LogP contribution in [0.2, 0.25) is 0 Å². The van der Waals surface area contributed by atoms with Crippen LogP contribution in [0.5, 0.6) is 0 Å². The van der Waals surface area contributed by atoms with Crippen molar-refractivity contribution >= 4 is 15.9 Å². The number of aromatic nitrogens is 1. The highest BCUT2D eigenvalue weighted by Crippen LogP contribution is 2.30. The summed E-state index contributed by atoms with van der Waals surface area (Å²) in [6.07, 6.45) is 4.64. The topological polar surface area (TPSA) is 82.6 Å². The van der Waals surface area contributed by atoms with Crippen molar-refractivity contribution in [2.75, 3.05) is 33.4 Å². The van der Waals surface area contributed by atoms with E-state index in [0.717, 1.165) is 36.9 Å². The van der Waals surface area contributed by atoms with Crippen LogP contribution in [0.4, 0.5) is 0 Å². The Morgan fingerprint density at radius 3 is 2.74 bits per heavy atom. The second kappa shape index (κ2) is 7.37. The van der Waals surface area contributed by atoms with Crippen LogP contribution < -0.4 is 4.72 Å². The zero-order valence-corrected chi connectivity index (χ0v) is 14.6. The molecule has 0 aromatic carbocycles. The number of sulfonamides is 1. The molecule has 1 aliphatic heterocycles. The molecular weight excluding hydrogens is 316 g/mol. The summed E-state index contributed by atoms with van der Waals surface area (Å²) in [5.74, 6) is -0.211. The van der Waals surface area contributed by atoms with E-state index >= 15 is 0 Å². The number of nitrogens with one attached hydrogen (secondary N) is 1. The lowest BCUT2D eigenvalue weighted by molar-refractivity contribution is -0.130. The molecule has 2 rings (SSSR count). The lowest BCUT2D eigenvalue weighted by Crippen LogP contribution is -2.39. The summed E-state index contributed by atoms with van der Waals surface area (Å²) in [6, 6.07) is 3.91. The predicted molar refractivity (Wildman–Crippen MR) is 88.2 cm³/mol. The summed E-state index contributed by atoms with van der Waals surface area (Å²) in [4.78, 5) is 20.5. The molecule has 1 atom stereocenters. The van der Waals surface area contributed by atoms with Gasteiger partial charge in [0.2, 0.25) is 15.9 Å². The van der Waals surface area contributed by atoms with Gasteiger partial charge in [0.15, 0.2) is 0 Å². The minimum absolute atomic E-state index is 0.0720. The smallest absolute Gasteiger partial charge is 0.238 e. The summed E-state index contributed by atoms with van der Waals surface area (Å²) >= 11 is 0. The lowest BCUT2D eigenvalue weighted by Gasteiger charge is -2.24. The first-order chi connectivity index (χ1) is 10.8. The van der Waals surface area contributed by atoms with Crippen LogP contribution >= 0.6 is 0 Å². The third-order valence-electron chi connectivity index (χ3n) is 3.75. The van der Waals surface area contributed by atoms with Gasteiger partial charge in [-0.25, -0.2) is 13.1 Å². The molecule has 8 heteroatoms. The SMILES string of the molecule is CN(C)Cc1ccc([C@@H]2CCCN2C(=O)CNS(C)(=O)=O)nc1. The van der Waals surface area contributed by atoms with E-state index in [-0.39, 0.29) is 18.5 Å². The molecule has 1 fully saturated rings. The Morgan fingerprint density at radius 2 is 2.17 bits per heavy atom. The quantitative estimate of drug-likeness (QED) is 0.808. The van der Waals surface area contributed by atoms with Crippen LogP contribution in [0.1, 0.15) is 30.1 Å². The Labute approximate surface area is 137 Å². The minimum Gasteiger partial charge on any atom is -0.333 e. The highest BCUT2D eigenvalue weighted by Gasteiger charge is 2.30. The van der Waals surface area contributed by atoms with Crippen LogP contribution in [-0.2, 0) is 21.4 Å². The van der Waals surface area contributed by atoms with Gasteiger partial charge in [0.25, 0.3) is 0 Å². The Kier molecular flexibility index (Phi) is 5.72. The molecule has 1 amide bonds. The van der Waals surface area contributed by atoms with Crippen LogP contribution in [0.3, 0.4) is 0 Å². The second-order valence-corrected chi connectivity index (χ2v) is 8.00. The van der Waals surface area contributed by atoms with E-state index in [1.165, 1.54) is 0 Å². The van der Waals surface area contributed by atoms with Gasteiger partial charge in [-0.3, -0.25) is 9.78 Å².